The number of halogens is 2. The fraction of sp³-hybridized carbons (Fsp3) is 0.750. The van der Waals surface area contributed by atoms with E-state index in [9.17, 15) is 0 Å². The third-order valence-electron chi connectivity index (χ3n) is 0.833. The molecule has 0 spiro atoms. The summed E-state index contributed by atoms with van der Waals surface area (Å²) >= 11 is 8.48. The lowest BCUT2D eigenvalue weighted by atomic mass is 10.6. The first kappa shape index (κ1) is 7.88. The van der Waals surface area contributed by atoms with Crippen molar-refractivity contribution in [2.45, 2.75) is 3.36 Å². The van der Waals surface area contributed by atoms with Gasteiger partial charge in [0.1, 0.15) is 5.84 Å². The zero-order chi connectivity index (χ0) is 6.91. The second-order valence-electron chi connectivity index (χ2n) is 1.76. The van der Waals surface area contributed by atoms with Crippen LogP contribution in [0.5, 0.6) is 0 Å². The third kappa shape index (κ3) is 2.47. The number of rotatable bonds is 0. The Morgan fingerprint density at radius 1 is 1.67 bits per heavy atom. The van der Waals surface area contributed by atoms with Gasteiger partial charge in [-0.3, -0.25) is 0 Å². The van der Waals surface area contributed by atoms with Gasteiger partial charge in [0.2, 0.25) is 0 Å². The van der Waals surface area contributed by atoms with Crippen LogP contribution in [0.3, 0.4) is 0 Å². The van der Waals surface area contributed by atoms with Gasteiger partial charge in [0.25, 0.3) is 0 Å². The fourth-order valence-corrected chi connectivity index (χ4v) is 2.67. The molecule has 0 atom stereocenters. The van der Waals surface area contributed by atoms with Crippen molar-refractivity contribution < 1.29 is 0 Å². The Morgan fingerprint density at radius 3 is 2.67 bits per heavy atom. The van der Waals surface area contributed by atoms with Crippen LogP contribution in [0.15, 0.2) is 4.99 Å². The Balaban J connectivity index is 2.68. The van der Waals surface area contributed by atoms with Gasteiger partial charge in [-0.25, -0.2) is 4.99 Å². The number of nitrogens with two attached hydrogens (primary N) is 1. The summed E-state index contributed by atoms with van der Waals surface area (Å²) < 4.78 is -0.299. The number of amidine groups is 1. The highest BCUT2D eigenvalue weighted by Gasteiger charge is 2.25. The van der Waals surface area contributed by atoms with Crippen LogP contribution in [0.2, 0.25) is 0 Å². The van der Waals surface area contributed by atoms with Crippen LogP contribution in [0.25, 0.3) is 0 Å². The Labute approximate surface area is 74.9 Å². The topological polar surface area (TPSA) is 38.4 Å². The summed E-state index contributed by atoms with van der Waals surface area (Å²) in [7, 11) is 0. The van der Waals surface area contributed by atoms with Crippen molar-refractivity contribution >= 4 is 49.5 Å². The molecule has 9 heavy (non-hydrogen) atoms. The van der Waals surface area contributed by atoms with Gasteiger partial charge in [0, 0.05) is 5.75 Å². The number of nitrogens with zero attached hydrogens (tertiary/aromatic N) is 1. The minimum atomic E-state index is -0.299. The summed E-state index contributed by atoms with van der Waals surface area (Å²) in [5.74, 6) is 2.46. The summed E-state index contributed by atoms with van der Waals surface area (Å²) in [4.78, 5) is 4.12. The Hall–Kier alpha value is 0.780. The van der Waals surface area contributed by atoms with E-state index in [2.05, 4.69) is 36.9 Å². The molecule has 52 valence electrons. The zero-order valence-corrected chi connectivity index (χ0v) is 8.59. The highest BCUT2D eigenvalue weighted by molar-refractivity contribution is 9.25. The average Bonchev–Trinajstić information content (AvgIpc) is 1.60. The van der Waals surface area contributed by atoms with Crippen LogP contribution in [-0.4, -0.2) is 20.7 Å². The van der Waals surface area contributed by atoms with Crippen molar-refractivity contribution in [2.75, 3.05) is 11.5 Å². The summed E-state index contributed by atoms with van der Waals surface area (Å²) in [6.07, 6.45) is 0. The lowest BCUT2D eigenvalue weighted by molar-refractivity contribution is 1.01. The molecule has 1 aliphatic heterocycles. The highest BCUT2D eigenvalue weighted by atomic mass is 79.9. The van der Waals surface area contributed by atoms with Crippen molar-refractivity contribution in [3.05, 3.63) is 0 Å². The number of hydrogen-bond acceptors (Lipinski definition) is 3. The van der Waals surface area contributed by atoms with Gasteiger partial charge in [-0.15, -0.1) is 11.8 Å². The van der Waals surface area contributed by atoms with Gasteiger partial charge in [0.15, 0.2) is 3.36 Å². The maximum atomic E-state index is 5.48. The van der Waals surface area contributed by atoms with Crippen molar-refractivity contribution in [2.24, 2.45) is 10.7 Å². The monoisotopic (exact) mass is 272 g/mol. The minimum Gasteiger partial charge on any atom is -0.387 e. The van der Waals surface area contributed by atoms with Crippen molar-refractivity contribution in [3.8, 4) is 0 Å². The molecular formula is C4H6Br2N2S. The summed E-state index contributed by atoms with van der Waals surface area (Å²) in [6, 6.07) is 0. The van der Waals surface area contributed by atoms with E-state index < -0.39 is 0 Å². The van der Waals surface area contributed by atoms with E-state index in [0.717, 1.165) is 11.5 Å². The van der Waals surface area contributed by atoms with E-state index >= 15 is 0 Å². The molecule has 0 bridgehead atoms. The SMILES string of the molecule is NC1=NC(Br)(Br)CSC1. The molecule has 1 rings (SSSR count). The maximum absolute atomic E-state index is 5.48. The van der Waals surface area contributed by atoms with Gasteiger partial charge >= 0.3 is 0 Å². The van der Waals surface area contributed by atoms with Gasteiger partial charge in [-0.05, 0) is 31.9 Å². The predicted octanol–water partition coefficient (Wildman–Crippen LogP) is 1.53. The minimum absolute atomic E-state index is 0.299. The van der Waals surface area contributed by atoms with E-state index in [0.29, 0.717) is 5.84 Å². The van der Waals surface area contributed by atoms with Crippen LogP contribution in [0.1, 0.15) is 0 Å². The van der Waals surface area contributed by atoms with Crippen LogP contribution < -0.4 is 5.73 Å². The van der Waals surface area contributed by atoms with E-state index in [1.54, 1.807) is 11.8 Å². The third-order valence-corrected chi connectivity index (χ3v) is 3.61. The molecule has 0 fully saturated rings. The van der Waals surface area contributed by atoms with Crippen LogP contribution >= 0.6 is 43.6 Å². The molecule has 0 aromatic carbocycles. The molecule has 5 heteroatoms. The molecule has 0 aliphatic carbocycles. The van der Waals surface area contributed by atoms with Crippen LogP contribution in [0, 0.1) is 0 Å². The normalized spacial score (nSPS) is 25.3. The first-order valence-corrected chi connectivity index (χ1v) is 5.14. The molecule has 0 saturated carbocycles. The quantitative estimate of drug-likeness (QED) is 0.537. The maximum Gasteiger partial charge on any atom is 0.180 e. The Morgan fingerprint density at radius 2 is 2.33 bits per heavy atom. The number of alkyl halides is 2. The second kappa shape index (κ2) is 2.80. The average molecular weight is 274 g/mol. The molecule has 0 unspecified atom stereocenters. The van der Waals surface area contributed by atoms with Crippen LogP contribution in [0.4, 0.5) is 0 Å². The highest BCUT2D eigenvalue weighted by Crippen LogP contribution is 2.34. The molecule has 2 N–H and O–H groups in total. The largest absolute Gasteiger partial charge is 0.387 e. The molecule has 2 nitrogen and oxygen atoms in total. The van der Waals surface area contributed by atoms with Crippen molar-refractivity contribution in [1.29, 1.82) is 0 Å². The summed E-state index contributed by atoms with van der Waals surface area (Å²) in [5, 5.41) is 0. The lowest BCUT2D eigenvalue weighted by Crippen LogP contribution is -2.27. The van der Waals surface area contributed by atoms with Gasteiger partial charge in [0.05, 0.1) is 5.75 Å². The number of hydrogen-bond donors (Lipinski definition) is 1. The smallest absolute Gasteiger partial charge is 0.180 e. The van der Waals surface area contributed by atoms with E-state index in [1.165, 1.54) is 0 Å². The second-order valence-corrected chi connectivity index (χ2v) is 6.44. The number of thioether (sulfide) groups is 1. The molecule has 0 aromatic rings. The Kier molecular flexibility index (Phi) is 2.45. The molecular weight excluding hydrogens is 268 g/mol. The molecule has 1 aliphatic rings. The fourth-order valence-electron chi connectivity index (χ4n) is 0.553. The first-order chi connectivity index (χ1) is 4.10. The molecule has 0 amide bonds. The van der Waals surface area contributed by atoms with Crippen molar-refractivity contribution in [1.82, 2.24) is 0 Å². The molecule has 0 saturated heterocycles. The standard InChI is InChI=1S/C4H6Br2N2S/c5-4(6)2-9-1-3(7)8-4/h1-2H2,(H2,7,8). The Bertz CT molecular complexity index is 146. The summed E-state index contributed by atoms with van der Waals surface area (Å²) in [5.41, 5.74) is 5.48. The lowest BCUT2D eigenvalue weighted by Gasteiger charge is -2.20. The van der Waals surface area contributed by atoms with E-state index in [-0.39, 0.29) is 3.36 Å². The first-order valence-electron chi connectivity index (χ1n) is 2.40. The van der Waals surface area contributed by atoms with Gasteiger partial charge < -0.3 is 5.73 Å². The van der Waals surface area contributed by atoms with Crippen LogP contribution in [-0.2, 0) is 0 Å². The van der Waals surface area contributed by atoms with Gasteiger partial charge in [-0.2, -0.15) is 0 Å². The number of aliphatic imine (C=N–C) groups is 1. The van der Waals surface area contributed by atoms with E-state index in [4.69, 9.17) is 5.73 Å². The summed E-state index contributed by atoms with van der Waals surface area (Å²) in [6.45, 7) is 0. The van der Waals surface area contributed by atoms with E-state index in [1.807, 2.05) is 0 Å². The zero-order valence-electron chi connectivity index (χ0n) is 4.60. The van der Waals surface area contributed by atoms with Gasteiger partial charge in [-0.1, -0.05) is 0 Å². The molecule has 0 aromatic heterocycles. The predicted molar refractivity (Wildman–Crippen MR) is 49.5 cm³/mol. The molecule has 0 radical (unpaired) electrons. The van der Waals surface area contributed by atoms with Crippen molar-refractivity contribution in [3.63, 3.8) is 0 Å². The molecule has 1 heterocycles.